The minimum atomic E-state index is 1.14. The van der Waals surface area contributed by atoms with Gasteiger partial charge in [-0.3, -0.25) is 10.9 Å². The molecule has 0 unspecified atom stereocenters. The van der Waals surface area contributed by atoms with Gasteiger partial charge in [-0.05, 0) is 12.8 Å². The quantitative estimate of drug-likeness (QED) is 0.609. The van der Waals surface area contributed by atoms with E-state index in [-0.39, 0.29) is 0 Å². The molecule has 0 aromatic heterocycles. The molecule has 0 spiro atoms. The largest absolute Gasteiger partial charge is 0.258 e. The second-order valence-corrected chi connectivity index (χ2v) is 5.39. The fraction of sp³-hybridized carbons (Fsp3) is 1.00. The summed E-state index contributed by atoms with van der Waals surface area (Å²) < 4.78 is 0. The van der Waals surface area contributed by atoms with Gasteiger partial charge in [0.25, 0.3) is 0 Å². The average Bonchev–Trinajstić information content (AvgIpc) is 2.71. The summed E-state index contributed by atoms with van der Waals surface area (Å²) in [6.07, 6.45) is 17.0. The summed E-state index contributed by atoms with van der Waals surface area (Å²) in [6, 6.07) is 0. The van der Waals surface area contributed by atoms with E-state index in [1.54, 1.807) is 0 Å². The molecule has 1 aliphatic heterocycles. The molecule has 0 saturated carbocycles. The average molecular weight is 256 g/mol. The summed E-state index contributed by atoms with van der Waals surface area (Å²) in [4.78, 5) is 0. The van der Waals surface area contributed by atoms with Gasteiger partial charge in [0.2, 0.25) is 0 Å². The van der Waals surface area contributed by atoms with Crippen LogP contribution >= 0.6 is 0 Å². The fourth-order valence-electron chi connectivity index (χ4n) is 2.16. The van der Waals surface area contributed by atoms with Crippen molar-refractivity contribution in [2.24, 2.45) is 0 Å². The van der Waals surface area contributed by atoms with Crippen molar-refractivity contribution in [2.75, 3.05) is 13.1 Å². The molecule has 1 rings (SSSR count). The minimum Gasteiger partial charge on any atom is -0.258 e. The normalized spacial score (nSPS) is 15.7. The van der Waals surface area contributed by atoms with Crippen LogP contribution in [0, 0.1) is 0 Å². The summed E-state index contributed by atoms with van der Waals surface area (Å²) in [5.41, 5.74) is 6.19. The lowest BCUT2D eigenvalue weighted by Gasteiger charge is -1.98. The highest BCUT2D eigenvalue weighted by Gasteiger charge is 1.92. The number of hydrogen-bond donors (Lipinski definition) is 2. The first-order valence-electron chi connectivity index (χ1n) is 8.37. The van der Waals surface area contributed by atoms with Crippen LogP contribution in [-0.4, -0.2) is 13.1 Å². The Morgan fingerprint density at radius 3 is 1.33 bits per heavy atom. The van der Waals surface area contributed by atoms with Crippen LogP contribution in [0.4, 0.5) is 0 Å². The standard InChI is InChI=1S/C11H24.C5H12N2/c1-3-5-7-9-11-10-8-6-4-2;1-2-4-6-7-5-3-1/h3-11H2,1-2H3;6-7H,1-5H2. The zero-order chi connectivity index (χ0) is 13.3. The molecule has 0 atom stereocenters. The van der Waals surface area contributed by atoms with Gasteiger partial charge < -0.3 is 0 Å². The van der Waals surface area contributed by atoms with Crippen molar-refractivity contribution < 1.29 is 0 Å². The third-order valence-electron chi connectivity index (χ3n) is 3.44. The highest BCUT2D eigenvalue weighted by atomic mass is 15.3. The maximum absolute atomic E-state index is 3.10. The maximum atomic E-state index is 3.10. The number of rotatable bonds is 8. The molecular weight excluding hydrogens is 220 g/mol. The third kappa shape index (κ3) is 15.9. The number of hydrazine groups is 1. The molecule has 0 bridgehead atoms. The zero-order valence-corrected chi connectivity index (χ0v) is 12.9. The van der Waals surface area contributed by atoms with E-state index < -0.39 is 0 Å². The van der Waals surface area contributed by atoms with Crippen LogP contribution in [-0.2, 0) is 0 Å². The lowest BCUT2D eigenvalue weighted by atomic mass is 10.1. The Kier molecular flexibility index (Phi) is 16.8. The van der Waals surface area contributed by atoms with Crippen LogP contribution in [0.25, 0.3) is 0 Å². The topological polar surface area (TPSA) is 24.1 Å². The second-order valence-electron chi connectivity index (χ2n) is 5.39. The van der Waals surface area contributed by atoms with Gasteiger partial charge in [-0.15, -0.1) is 0 Å². The first-order chi connectivity index (χ1) is 8.91. The highest BCUT2D eigenvalue weighted by Crippen LogP contribution is 2.08. The first kappa shape index (κ1) is 17.9. The molecule has 0 amide bonds. The van der Waals surface area contributed by atoms with Gasteiger partial charge in [0.05, 0.1) is 0 Å². The predicted octanol–water partition coefficient (Wildman–Crippen LogP) is 4.80. The van der Waals surface area contributed by atoms with Crippen LogP contribution in [0.1, 0.15) is 90.9 Å². The number of unbranched alkanes of at least 4 members (excludes halogenated alkanes) is 8. The summed E-state index contributed by atoms with van der Waals surface area (Å²) >= 11 is 0. The molecule has 1 heterocycles. The van der Waals surface area contributed by atoms with Crippen molar-refractivity contribution in [3.63, 3.8) is 0 Å². The molecule has 0 aliphatic carbocycles. The van der Waals surface area contributed by atoms with Gasteiger partial charge in [0, 0.05) is 13.1 Å². The number of nitrogens with one attached hydrogen (secondary N) is 2. The summed E-state index contributed by atoms with van der Waals surface area (Å²) in [5.74, 6) is 0. The Bertz CT molecular complexity index is 109. The van der Waals surface area contributed by atoms with Crippen molar-refractivity contribution in [3.05, 3.63) is 0 Å². The van der Waals surface area contributed by atoms with Crippen LogP contribution in [0.3, 0.4) is 0 Å². The van der Waals surface area contributed by atoms with E-state index in [0.29, 0.717) is 0 Å². The first-order valence-corrected chi connectivity index (χ1v) is 8.37. The van der Waals surface area contributed by atoms with Gasteiger partial charge >= 0.3 is 0 Å². The smallest absolute Gasteiger partial charge is 0.00997 e. The van der Waals surface area contributed by atoms with Gasteiger partial charge in [-0.25, -0.2) is 0 Å². The van der Waals surface area contributed by atoms with Crippen molar-refractivity contribution in [3.8, 4) is 0 Å². The van der Waals surface area contributed by atoms with Crippen molar-refractivity contribution in [1.82, 2.24) is 10.9 Å². The molecule has 110 valence electrons. The molecule has 0 radical (unpaired) electrons. The van der Waals surface area contributed by atoms with Gasteiger partial charge in [-0.2, -0.15) is 0 Å². The second kappa shape index (κ2) is 16.9. The summed E-state index contributed by atoms with van der Waals surface area (Å²) in [5, 5.41) is 0. The summed E-state index contributed by atoms with van der Waals surface area (Å²) in [7, 11) is 0. The molecule has 18 heavy (non-hydrogen) atoms. The number of hydrogen-bond acceptors (Lipinski definition) is 2. The van der Waals surface area contributed by atoms with E-state index in [4.69, 9.17) is 0 Å². The lowest BCUT2D eigenvalue weighted by Crippen LogP contribution is -2.30. The van der Waals surface area contributed by atoms with Crippen molar-refractivity contribution >= 4 is 0 Å². The fourth-order valence-corrected chi connectivity index (χ4v) is 2.16. The lowest BCUT2D eigenvalue weighted by molar-refractivity contribution is 0.572. The van der Waals surface area contributed by atoms with E-state index in [0.717, 1.165) is 13.1 Å². The SMILES string of the molecule is C1CCNNCC1.CCCCCCCCCCC. The Hall–Kier alpha value is -0.0800. The monoisotopic (exact) mass is 256 g/mol. The van der Waals surface area contributed by atoms with Crippen LogP contribution in [0.15, 0.2) is 0 Å². The maximum Gasteiger partial charge on any atom is 0.00997 e. The molecule has 1 aliphatic rings. The molecule has 1 saturated heterocycles. The molecule has 0 aromatic carbocycles. The van der Waals surface area contributed by atoms with Crippen molar-refractivity contribution in [1.29, 1.82) is 0 Å². The Labute approximate surface area is 115 Å². The molecule has 1 fully saturated rings. The third-order valence-corrected chi connectivity index (χ3v) is 3.44. The Balaban J connectivity index is 0.000000351. The van der Waals surface area contributed by atoms with E-state index in [1.165, 1.54) is 77.0 Å². The molecule has 2 N–H and O–H groups in total. The van der Waals surface area contributed by atoms with Crippen LogP contribution < -0.4 is 10.9 Å². The molecule has 2 heteroatoms. The van der Waals surface area contributed by atoms with Crippen LogP contribution in [0.5, 0.6) is 0 Å². The van der Waals surface area contributed by atoms with Crippen molar-refractivity contribution in [2.45, 2.75) is 90.9 Å². The Morgan fingerprint density at radius 2 is 0.944 bits per heavy atom. The molecule has 0 aromatic rings. The van der Waals surface area contributed by atoms with Gasteiger partial charge in [-0.1, -0.05) is 78.1 Å². The van der Waals surface area contributed by atoms with E-state index in [2.05, 4.69) is 24.7 Å². The predicted molar refractivity (Wildman–Crippen MR) is 82.8 cm³/mol. The van der Waals surface area contributed by atoms with Gasteiger partial charge in [0.1, 0.15) is 0 Å². The minimum absolute atomic E-state index is 1.14. The van der Waals surface area contributed by atoms with Crippen LogP contribution in [0.2, 0.25) is 0 Å². The zero-order valence-electron chi connectivity index (χ0n) is 12.9. The summed E-state index contributed by atoms with van der Waals surface area (Å²) in [6.45, 7) is 6.83. The molecular formula is C16H36N2. The van der Waals surface area contributed by atoms with Gasteiger partial charge in [0.15, 0.2) is 0 Å². The Morgan fingerprint density at radius 1 is 0.556 bits per heavy atom. The molecule has 2 nitrogen and oxygen atoms in total. The van der Waals surface area contributed by atoms with E-state index >= 15 is 0 Å². The highest BCUT2D eigenvalue weighted by molar-refractivity contribution is 4.51. The van der Waals surface area contributed by atoms with E-state index in [9.17, 15) is 0 Å². The van der Waals surface area contributed by atoms with E-state index in [1.807, 2.05) is 0 Å².